The van der Waals surface area contributed by atoms with Gasteiger partial charge in [-0.05, 0) is 30.3 Å². The van der Waals surface area contributed by atoms with Gasteiger partial charge in [0, 0.05) is 10.5 Å². The number of hydrogen-bond acceptors (Lipinski definition) is 4. The number of sulfonamides is 1. The minimum atomic E-state index is -3.85. The van der Waals surface area contributed by atoms with E-state index in [9.17, 15) is 8.42 Å². The molecule has 0 radical (unpaired) electrons. The molecule has 0 unspecified atom stereocenters. The fraction of sp³-hybridized carbons (Fsp3) is 0.143. The van der Waals surface area contributed by atoms with Crippen LogP contribution >= 0.6 is 27.5 Å². The Kier molecular flexibility index (Phi) is 5.20. The molecular weight excluding hydrogens is 394 g/mol. The molecule has 2 aromatic rings. The number of ether oxygens (including phenoxy) is 2. The van der Waals surface area contributed by atoms with Gasteiger partial charge in [0.05, 0.1) is 24.9 Å². The van der Waals surface area contributed by atoms with E-state index in [1.165, 1.54) is 26.4 Å². The van der Waals surface area contributed by atoms with Crippen LogP contribution in [0.25, 0.3) is 0 Å². The molecule has 0 aromatic heterocycles. The summed E-state index contributed by atoms with van der Waals surface area (Å²) < 4.78 is 38.4. The van der Waals surface area contributed by atoms with Crippen LogP contribution in [0.15, 0.2) is 45.8 Å². The molecule has 0 saturated heterocycles. The van der Waals surface area contributed by atoms with Crippen LogP contribution < -0.4 is 14.2 Å². The van der Waals surface area contributed by atoms with E-state index in [0.717, 1.165) is 4.47 Å². The van der Waals surface area contributed by atoms with Crippen LogP contribution in [0.2, 0.25) is 5.02 Å². The van der Waals surface area contributed by atoms with E-state index in [-0.39, 0.29) is 21.4 Å². The number of nitrogens with one attached hydrogen (secondary N) is 1. The highest BCUT2D eigenvalue weighted by atomic mass is 79.9. The molecule has 0 saturated carbocycles. The fourth-order valence-electron chi connectivity index (χ4n) is 1.77. The molecule has 22 heavy (non-hydrogen) atoms. The SMILES string of the molecule is COc1ccc(S(=O)(=O)Nc2ccc(Br)cc2Cl)c(OC)c1. The normalized spacial score (nSPS) is 11.1. The van der Waals surface area contributed by atoms with Crippen molar-refractivity contribution < 1.29 is 17.9 Å². The lowest BCUT2D eigenvalue weighted by molar-refractivity contribution is 0.386. The molecule has 0 heterocycles. The molecule has 2 aromatic carbocycles. The number of benzene rings is 2. The molecule has 0 fully saturated rings. The molecule has 0 aliphatic heterocycles. The third-order valence-electron chi connectivity index (χ3n) is 2.84. The molecule has 0 amide bonds. The van der Waals surface area contributed by atoms with Crippen molar-refractivity contribution in [3.05, 3.63) is 45.9 Å². The summed E-state index contributed by atoms with van der Waals surface area (Å²) in [6.45, 7) is 0. The second-order valence-corrected chi connectivity index (χ2v) is 7.22. The largest absolute Gasteiger partial charge is 0.497 e. The van der Waals surface area contributed by atoms with Gasteiger partial charge in [0.2, 0.25) is 0 Å². The number of methoxy groups -OCH3 is 2. The standard InChI is InChI=1S/C14H13BrClNO4S/c1-20-10-4-6-14(13(8-10)21-2)22(18,19)17-12-5-3-9(15)7-11(12)16/h3-8,17H,1-2H3. The Morgan fingerprint density at radius 1 is 1.09 bits per heavy atom. The molecule has 8 heteroatoms. The van der Waals surface area contributed by atoms with Gasteiger partial charge >= 0.3 is 0 Å². The second kappa shape index (κ2) is 6.76. The monoisotopic (exact) mass is 405 g/mol. The van der Waals surface area contributed by atoms with Crippen molar-refractivity contribution in [1.29, 1.82) is 0 Å². The van der Waals surface area contributed by atoms with Crippen LogP contribution in [0.3, 0.4) is 0 Å². The summed E-state index contributed by atoms with van der Waals surface area (Å²) >= 11 is 9.30. The number of anilines is 1. The quantitative estimate of drug-likeness (QED) is 0.817. The van der Waals surface area contributed by atoms with Gasteiger partial charge in [-0.3, -0.25) is 4.72 Å². The maximum atomic E-state index is 12.5. The minimum Gasteiger partial charge on any atom is -0.497 e. The summed E-state index contributed by atoms with van der Waals surface area (Å²) in [5.41, 5.74) is 0.280. The van der Waals surface area contributed by atoms with E-state index in [0.29, 0.717) is 5.75 Å². The zero-order chi connectivity index (χ0) is 16.3. The Balaban J connectivity index is 2.42. The van der Waals surface area contributed by atoms with Crippen molar-refractivity contribution in [3.63, 3.8) is 0 Å². The lowest BCUT2D eigenvalue weighted by atomic mass is 10.3. The first-order valence-corrected chi connectivity index (χ1v) is 8.72. The Labute approximate surface area is 142 Å². The van der Waals surface area contributed by atoms with E-state index in [1.54, 1.807) is 24.3 Å². The van der Waals surface area contributed by atoms with Crippen molar-refractivity contribution in [2.45, 2.75) is 4.90 Å². The summed E-state index contributed by atoms with van der Waals surface area (Å²) in [5.74, 6) is 0.678. The zero-order valence-electron chi connectivity index (χ0n) is 11.8. The Hall–Kier alpha value is -1.44. The summed E-state index contributed by atoms with van der Waals surface area (Å²) in [7, 11) is -0.969. The smallest absolute Gasteiger partial charge is 0.265 e. The highest BCUT2D eigenvalue weighted by molar-refractivity contribution is 9.10. The molecular formula is C14H13BrClNO4S. The van der Waals surface area contributed by atoms with Gasteiger partial charge in [-0.2, -0.15) is 0 Å². The maximum Gasteiger partial charge on any atom is 0.265 e. The number of halogens is 2. The van der Waals surface area contributed by atoms with Crippen molar-refractivity contribution in [3.8, 4) is 11.5 Å². The average Bonchev–Trinajstić information content (AvgIpc) is 2.49. The molecule has 0 spiro atoms. The molecule has 0 aliphatic rings. The zero-order valence-corrected chi connectivity index (χ0v) is 14.9. The summed E-state index contributed by atoms with van der Waals surface area (Å²) in [5, 5.41) is 0.283. The van der Waals surface area contributed by atoms with Crippen molar-refractivity contribution in [1.82, 2.24) is 0 Å². The first kappa shape index (κ1) is 16.9. The predicted molar refractivity (Wildman–Crippen MR) is 89.5 cm³/mol. The van der Waals surface area contributed by atoms with Gasteiger partial charge in [0.25, 0.3) is 10.0 Å². The molecule has 1 N–H and O–H groups in total. The Morgan fingerprint density at radius 3 is 2.41 bits per heavy atom. The molecule has 0 bridgehead atoms. The van der Waals surface area contributed by atoms with Crippen molar-refractivity contribution >= 4 is 43.2 Å². The topological polar surface area (TPSA) is 64.6 Å². The van der Waals surface area contributed by atoms with E-state index in [4.69, 9.17) is 21.1 Å². The third kappa shape index (κ3) is 3.66. The van der Waals surface area contributed by atoms with E-state index >= 15 is 0 Å². The lowest BCUT2D eigenvalue weighted by Crippen LogP contribution is -2.14. The molecule has 0 aliphatic carbocycles. The highest BCUT2D eigenvalue weighted by Crippen LogP contribution is 2.32. The van der Waals surface area contributed by atoms with Gasteiger partial charge in [0.1, 0.15) is 16.4 Å². The average molecular weight is 407 g/mol. The fourth-order valence-corrected chi connectivity index (χ4v) is 3.78. The van der Waals surface area contributed by atoms with Gasteiger partial charge in [-0.1, -0.05) is 27.5 Å². The summed E-state index contributed by atoms with van der Waals surface area (Å²) in [4.78, 5) is -0.00483. The first-order chi connectivity index (χ1) is 10.4. The number of hydrogen-bond donors (Lipinski definition) is 1. The molecule has 118 valence electrons. The predicted octanol–water partition coefficient (Wildman–Crippen LogP) is 3.92. The number of rotatable bonds is 5. The van der Waals surface area contributed by atoms with Crippen LogP contribution in [0.1, 0.15) is 0 Å². The Bertz CT molecular complexity index is 795. The molecule has 0 atom stereocenters. The van der Waals surface area contributed by atoms with Crippen LogP contribution in [0.4, 0.5) is 5.69 Å². The van der Waals surface area contributed by atoms with Crippen LogP contribution in [0, 0.1) is 0 Å². The van der Waals surface area contributed by atoms with Crippen LogP contribution in [-0.2, 0) is 10.0 Å². The highest BCUT2D eigenvalue weighted by Gasteiger charge is 2.21. The van der Waals surface area contributed by atoms with Gasteiger partial charge < -0.3 is 9.47 Å². The first-order valence-electron chi connectivity index (χ1n) is 6.07. The van der Waals surface area contributed by atoms with E-state index < -0.39 is 10.0 Å². The van der Waals surface area contributed by atoms with E-state index in [2.05, 4.69) is 20.7 Å². The van der Waals surface area contributed by atoms with Crippen molar-refractivity contribution in [2.24, 2.45) is 0 Å². The van der Waals surface area contributed by atoms with Gasteiger partial charge in [-0.25, -0.2) is 8.42 Å². The minimum absolute atomic E-state index is 0.00483. The third-order valence-corrected chi connectivity index (χ3v) is 5.05. The molecule has 2 rings (SSSR count). The lowest BCUT2D eigenvalue weighted by Gasteiger charge is -2.13. The maximum absolute atomic E-state index is 12.5. The summed E-state index contributed by atoms with van der Waals surface area (Å²) in [6, 6.07) is 9.31. The second-order valence-electron chi connectivity index (χ2n) is 4.25. The molecule has 5 nitrogen and oxygen atoms in total. The Morgan fingerprint density at radius 2 is 1.82 bits per heavy atom. The van der Waals surface area contributed by atoms with Crippen LogP contribution in [-0.4, -0.2) is 22.6 Å². The van der Waals surface area contributed by atoms with E-state index in [1.807, 2.05) is 0 Å². The van der Waals surface area contributed by atoms with Crippen molar-refractivity contribution in [2.75, 3.05) is 18.9 Å². The summed E-state index contributed by atoms with van der Waals surface area (Å²) in [6.07, 6.45) is 0. The van der Waals surface area contributed by atoms with Gasteiger partial charge in [-0.15, -0.1) is 0 Å². The van der Waals surface area contributed by atoms with Gasteiger partial charge in [0.15, 0.2) is 0 Å². The van der Waals surface area contributed by atoms with Crippen LogP contribution in [0.5, 0.6) is 11.5 Å².